The molecule has 1 fully saturated rings. The Kier molecular flexibility index (Phi) is 8.30. The summed E-state index contributed by atoms with van der Waals surface area (Å²) in [5, 5.41) is 1.19. The minimum absolute atomic E-state index is 0.0746. The zero-order valence-corrected chi connectivity index (χ0v) is 20.0. The van der Waals surface area contributed by atoms with Crippen LogP contribution in [0.4, 0.5) is 22.0 Å². The second-order valence-electron chi connectivity index (χ2n) is 9.17. The summed E-state index contributed by atoms with van der Waals surface area (Å²) in [6, 6.07) is 10.6. The maximum atomic E-state index is 15.2. The molecule has 4 rings (SSSR count). The van der Waals surface area contributed by atoms with Crippen LogP contribution in [0.15, 0.2) is 54.6 Å². The molecule has 0 spiro atoms. The molecule has 0 radical (unpaired) electrons. The van der Waals surface area contributed by atoms with E-state index in [4.69, 9.17) is 0 Å². The largest absolute Gasteiger partial charge is 0.429 e. The molecule has 1 aliphatic carbocycles. The van der Waals surface area contributed by atoms with Crippen molar-refractivity contribution in [3.05, 3.63) is 88.8 Å². The third-order valence-electron chi connectivity index (χ3n) is 6.82. The molecule has 0 aromatic heterocycles. The van der Waals surface area contributed by atoms with Crippen molar-refractivity contribution in [3.8, 4) is 17.6 Å². The Morgan fingerprint density at radius 1 is 0.944 bits per heavy atom. The fraction of sp³-hybridized carbons (Fsp3) is 0.333. The Balaban J connectivity index is 1.50. The van der Waals surface area contributed by atoms with E-state index in [0.717, 1.165) is 42.7 Å². The van der Waals surface area contributed by atoms with E-state index < -0.39 is 29.8 Å². The fourth-order valence-electron chi connectivity index (χ4n) is 4.92. The molecule has 36 heavy (non-hydrogen) atoms. The van der Waals surface area contributed by atoms with E-state index in [9.17, 15) is 17.6 Å². The zero-order chi connectivity index (χ0) is 25.7. The van der Waals surface area contributed by atoms with Gasteiger partial charge in [0, 0.05) is 10.9 Å². The number of hydrogen-bond donors (Lipinski definition) is 0. The van der Waals surface area contributed by atoms with Crippen LogP contribution in [0.2, 0.25) is 0 Å². The number of halogens is 5. The molecule has 0 N–H and O–H groups in total. The van der Waals surface area contributed by atoms with Gasteiger partial charge in [-0.15, -0.1) is 0 Å². The lowest BCUT2D eigenvalue weighted by Gasteiger charge is -2.28. The first-order valence-electron chi connectivity index (χ1n) is 12.1. The van der Waals surface area contributed by atoms with Crippen LogP contribution in [0.25, 0.3) is 10.8 Å². The topological polar surface area (TPSA) is 9.23 Å². The van der Waals surface area contributed by atoms with Crippen molar-refractivity contribution < 1.29 is 26.7 Å². The average molecular weight is 499 g/mol. The van der Waals surface area contributed by atoms with Gasteiger partial charge >= 0.3 is 6.61 Å². The molecule has 1 saturated carbocycles. The van der Waals surface area contributed by atoms with Gasteiger partial charge in [-0.2, -0.15) is 8.78 Å². The number of ether oxygens (including phenoxy) is 1. The van der Waals surface area contributed by atoms with E-state index in [0.29, 0.717) is 11.3 Å². The first kappa shape index (κ1) is 25.8. The highest BCUT2D eigenvalue weighted by Gasteiger charge is 2.22. The first-order valence-corrected chi connectivity index (χ1v) is 12.1. The number of allylic oxidation sites excluding steroid dienone is 2. The maximum Gasteiger partial charge on any atom is 0.387 e. The molecule has 6 heteroatoms. The summed E-state index contributed by atoms with van der Waals surface area (Å²) in [6.45, 7) is -1.31. The zero-order valence-electron chi connectivity index (χ0n) is 20.0. The molecule has 1 aliphatic rings. The maximum absolute atomic E-state index is 15.2. The van der Waals surface area contributed by atoms with Crippen LogP contribution >= 0.6 is 0 Å². The smallest absolute Gasteiger partial charge is 0.387 e. The van der Waals surface area contributed by atoms with Crippen LogP contribution in [0.3, 0.4) is 0 Å². The number of hydrogen-bond acceptors (Lipinski definition) is 1. The molecular formula is C30H27F5O. The predicted octanol–water partition coefficient (Wildman–Crippen LogP) is 8.89. The lowest BCUT2D eigenvalue weighted by atomic mass is 9.77. The first-order chi connectivity index (χ1) is 17.4. The minimum atomic E-state index is -3.36. The van der Waals surface area contributed by atoms with Gasteiger partial charge in [0.25, 0.3) is 0 Å². The van der Waals surface area contributed by atoms with E-state index in [1.165, 1.54) is 30.9 Å². The lowest BCUT2D eigenvalue weighted by Crippen LogP contribution is -2.13. The molecule has 0 saturated heterocycles. The molecule has 3 aromatic rings. The molecule has 0 unspecified atom stereocenters. The highest BCUT2D eigenvalue weighted by atomic mass is 19.3. The highest BCUT2D eigenvalue weighted by molar-refractivity contribution is 5.85. The number of alkyl halides is 2. The van der Waals surface area contributed by atoms with Crippen molar-refractivity contribution in [1.82, 2.24) is 0 Å². The Bertz CT molecular complexity index is 1290. The van der Waals surface area contributed by atoms with Gasteiger partial charge in [-0.1, -0.05) is 48.3 Å². The van der Waals surface area contributed by atoms with Gasteiger partial charge in [-0.05, 0) is 86.4 Å². The Morgan fingerprint density at radius 2 is 1.67 bits per heavy atom. The normalized spacial score (nSPS) is 18.0. The quantitative estimate of drug-likeness (QED) is 0.187. The molecule has 0 heterocycles. The third-order valence-corrected chi connectivity index (χ3v) is 6.82. The van der Waals surface area contributed by atoms with Crippen molar-refractivity contribution in [2.45, 2.75) is 58.0 Å². The monoisotopic (exact) mass is 498 g/mol. The molecule has 188 valence electrons. The molecule has 0 aliphatic heterocycles. The van der Waals surface area contributed by atoms with Crippen molar-refractivity contribution >= 4 is 10.8 Å². The van der Waals surface area contributed by atoms with E-state index in [-0.39, 0.29) is 11.1 Å². The summed E-state index contributed by atoms with van der Waals surface area (Å²) < 4.78 is 71.4. The summed E-state index contributed by atoms with van der Waals surface area (Å²) in [5.74, 6) is 2.02. The SMILES string of the molecule is C/C=C/CCC1CCC(c2ccc3c(F)c(C#Cc4cc(F)c(OC(F)F)c(F)c4)ccc3c2)CC1. The third kappa shape index (κ3) is 6.07. The summed E-state index contributed by atoms with van der Waals surface area (Å²) in [7, 11) is 0. The summed E-state index contributed by atoms with van der Waals surface area (Å²) in [6.07, 6.45) is 11.4. The Morgan fingerprint density at radius 3 is 2.33 bits per heavy atom. The van der Waals surface area contributed by atoms with Gasteiger partial charge in [-0.3, -0.25) is 0 Å². The van der Waals surface area contributed by atoms with Crippen LogP contribution in [0.1, 0.15) is 68.1 Å². The lowest BCUT2D eigenvalue weighted by molar-refractivity contribution is -0.0546. The minimum Gasteiger partial charge on any atom is -0.429 e. The second kappa shape index (κ2) is 11.6. The summed E-state index contributed by atoms with van der Waals surface area (Å²) in [5.41, 5.74) is 1.16. The molecular weight excluding hydrogens is 471 g/mol. The number of fused-ring (bicyclic) bond motifs is 1. The molecule has 0 amide bonds. The van der Waals surface area contributed by atoms with Crippen molar-refractivity contribution in [3.63, 3.8) is 0 Å². The van der Waals surface area contributed by atoms with Crippen molar-refractivity contribution in [2.75, 3.05) is 0 Å². The van der Waals surface area contributed by atoms with Gasteiger partial charge in [0.2, 0.25) is 0 Å². The van der Waals surface area contributed by atoms with Crippen LogP contribution in [-0.2, 0) is 0 Å². The Hall–Kier alpha value is -3.33. The van der Waals surface area contributed by atoms with E-state index >= 15 is 4.39 Å². The van der Waals surface area contributed by atoms with E-state index in [1.807, 2.05) is 19.1 Å². The van der Waals surface area contributed by atoms with Crippen molar-refractivity contribution in [2.24, 2.45) is 5.92 Å². The van der Waals surface area contributed by atoms with Crippen LogP contribution in [0.5, 0.6) is 5.75 Å². The van der Waals surface area contributed by atoms with Gasteiger partial charge < -0.3 is 4.74 Å². The molecule has 0 bridgehead atoms. The Labute approximate surface area is 208 Å². The number of benzene rings is 3. The fourth-order valence-corrected chi connectivity index (χ4v) is 4.92. The highest BCUT2D eigenvalue weighted by Crippen LogP contribution is 2.38. The van der Waals surface area contributed by atoms with Gasteiger partial charge in [-0.25, -0.2) is 13.2 Å². The molecule has 0 atom stereocenters. The predicted molar refractivity (Wildman–Crippen MR) is 132 cm³/mol. The summed E-state index contributed by atoms with van der Waals surface area (Å²) >= 11 is 0. The van der Waals surface area contributed by atoms with Crippen LogP contribution in [-0.4, -0.2) is 6.61 Å². The van der Waals surface area contributed by atoms with Gasteiger partial charge in [0.1, 0.15) is 5.82 Å². The molecule has 1 nitrogen and oxygen atoms in total. The van der Waals surface area contributed by atoms with Crippen LogP contribution in [0, 0.1) is 35.2 Å². The molecule has 3 aromatic carbocycles. The number of rotatable bonds is 6. The van der Waals surface area contributed by atoms with Gasteiger partial charge in [0.05, 0.1) is 5.56 Å². The summed E-state index contributed by atoms with van der Waals surface area (Å²) in [4.78, 5) is 0. The van der Waals surface area contributed by atoms with Crippen molar-refractivity contribution in [1.29, 1.82) is 0 Å². The second-order valence-corrected chi connectivity index (χ2v) is 9.17. The van der Waals surface area contributed by atoms with Gasteiger partial charge in [0.15, 0.2) is 17.4 Å². The van der Waals surface area contributed by atoms with Crippen LogP contribution < -0.4 is 4.74 Å². The standard InChI is InChI=1S/C30H27F5O/c1-2-3-4-5-19-6-9-21(10-7-19)23-14-15-25-24(18-23)13-12-22(28(25)33)11-8-20-16-26(31)29(27(32)17-20)36-30(34)35/h2-3,12-19,21,30H,4-7,9-10H2,1H3/b3-2+. The average Bonchev–Trinajstić information content (AvgIpc) is 2.86. The van der Waals surface area contributed by atoms with E-state index in [2.05, 4.69) is 28.7 Å². The van der Waals surface area contributed by atoms with E-state index in [1.54, 1.807) is 12.1 Å².